The average Bonchev–Trinajstić information content (AvgIpc) is 3.71. The largest absolute Gasteiger partial charge is 0.472 e. The number of nitrogens with zero attached hydrogens (tertiary/aromatic N) is 1. The Bertz CT molecular complexity index is 1870. The lowest BCUT2D eigenvalue weighted by atomic mass is 10.0. The molecule has 9 nitrogen and oxygen atoms in total. The normalized spacial score (nSPS) is 14.1. The maximum atomic E-state index is 13.6. The van der Waals surface area contributed by atoms with Gasteiger partial charge < -0.3 is 19.4 Å². The van der Waals surface area contributed by atoms with E-state index < -0.39 is 20.0 Å². The number of phosphoric acid groups is 1. The fourth-order valence-electron chi connectivity index (χ4n) is 10.3. The summed E-state index contributed by atoms with van der Waals surface area (Å²) in [6.45, 7) is 6.88. The summed E-state index contributed by atoms with van der Waals surface area (Å²) in [7, 11) is 1.48. The van der Waals surface area contributed by atoms with Crippen LogP contribution in [0.3, 0.4) is 0 Å². The van der Waals surface area contributed by atoms with Crippen molar-refractivity contribution in [1.29, 1.82) is 0 Å². The molecule has 0 aromatic rings. The molecular formula is C78H140N2O7P+. The van der Waals surface area contributed by atoms with Crippen LogP contribution in [0.25, 0.3) is 0 Å². The maximum Gasteiger partial charge on any atom is 0.472 e. The zero-order valence-electron chi connectivity index (χ0n) is 58.2. The third-order valence-corrected chi connectivity index (χ3v) is 16.9. The van der Waals surface area contributed by atoms with Crippen LogP contribution in [-0.4, -0.2) is 74.3 Å². The van der Waals surface area contributed by atoms with Gasteiger partial charge in [-0.3, -0.25) is 18.6 Å². The Balaban J connectivity index is 5.07. The Morgan fingerprint density at radius 2 is 0.727 bits per heavy atom. The van der Waals surface area contributed by atoms with Crippen molar-refractivity contribution in [2.24, 2.45) is 0 Å². The summed E-state index contributed by atoms with van der Waals surface area (Å²) in [5.41, 5.74) is 0. The summed E-state index contributed by atoms with van der Waals surface area (Å²) in [5.74, 6) is -0.518. The molecule has 3 atom stereocenters. The molecule has 0 aromatic heterocycles. The predicted octanol–water partition coefficient (Wildman–Crippen LogP) is 23.6. The number of likely N-dealkylation sites (N-methyl/N-ethyl adjacent to an activating group) is 1. The van der Waals surface area contributed by atoms with Crippen molar-refractivity contribution in [2.75, 3.05) is 40.9 Å². The first kappa shape index (κ1) is 84.7. The van der Waals surface area contributed by atoms with Gasteiger partial charge in [0.1, 0.15) is 19.3 Å². The van der Waals surface area contributed by atoms with Crippen LogP contribution in [0.5, 0.6) is 0 Å². The van der Waals surface area contributed by atoms with Gasteiger partial charge in [-0.1, -0.05) is 304 Å². The Hall–Kier alpha value is -3.33. The molecule has 88 heavy (non-hydrogen) atoms. The van der Waals surface area contributed by atoms with E-state index in [1.54, 1.807) is 0 Å². The molecule has 0 aromatic carbocycles. The number of phosphoric ester groups is 1. The fourth-order valence-corrected chi connectivity index (χ4v) is 11.1. The van der Waals surface area contributed by atoms with Gasteiger partial charge in [0.15, 0.2) is 0 Å². The molecule has 2 N–H and O–H groups in total. The molecule has 0 bridgehead atoms. The first-order chi connectivity index (χ1) is 42.9. The first-order valence-electron chi connectivity index (χ1n) is 36.7. The number of amides is 1. The lowest BCUT2D eigenvalue weighted by molar-refractivity contribution is -0.870. The molecule has 0 spiro atoms. The number of rotatable bonds is 66. The van der Waals surface area contributed by atoms with Crippen LogP contribution < -0.4 is 5.32 Å². The molecule has 0 fully saturated rings. The summed E-state index contributed by atoms with van der Waals surface area (Å²) >= 11 is 0. The first-order valence-corrected chi connectivity index (χ1v) is 38.2. The minimum absolute atomic E-state index is 0.0329. The average molecular weight is 1250 g/mol. The number of allylic oxidation sites excluding steroid dienone is 17. The van der Waals surface area contributed by atoms with Crippen LogP contribution >= 0.6 is 7.82 Å². The van der Waals surface area contributed by atoms with E-state index in [2.05, 4.69) is 123 Å². The molecule has 1 amide bonds. The van der Waals surface area contributed by atoms with Gasteiger partial charge in [0, 0.05) is 12.8 Å². The Labute approximate surface area is 544 Å². The van der Waals surface area contributed by atoms with Crippen molar-refractivity contribution >= 4 is 19.7 Å². The van der Waals surface area contributed by atoms with Crippen LogP contribution in [0.2, 0.25) is 0 Å². The lowest BCUT2D eigenvalue weighted by Gasteiger charge is -2.27. The second-order valence-electron chi connectivity index (χ2n) is 25.7. The number of carbonyl (C=O) groups excluding carboxylic acids is 2. The van der Waals surface area contributed by atoms with Crippen molar-refractivity contribution in [3.63, 3.8) is 0 Å². The highest BCUT2D eigenvalue weighted by molar-refractivity contribution is 7.47. The second kappa shape index (κ2) is 66.6. The molecule has 10 heteroatoms. The van der Waals surface area contributed by atoms with Gasteiger partial charge in [-0.25, -0.2) is 4.57 Å². The molecule has 0 aliphatic rings. The highest BCUT2D eigenvalue weighted by Gasteiger charge is 2.30. The molecule has 0 saturated heterocycles. The Kier molecular flexibility index (Phi) is 64.1. The number of ether oxygens (including phenoxy) is 1. The SMILES string of the molecule is CC/C=C\C/C=C\C/C=C\C/C=C\C/C=C\C/C=C\CCCCCCCCC(=O)NC(COP(=O)(O)OCC[N+](C)(C)C)C(/C=C/CCCCCCCCCCCC)OC(=O)CCCCCCCCCCCCCCCCC/C=C\C/C=C\CCCCC. The standard InChI is InChI=1S/C78H139N2O7P/c1-7-10-13-16-19-22-25-28-30-32-34-36-38-40-42-44-46-48-50-52-55-58-61-64-67-70-77(81)79-75(74-86-88(83,84)85-73-72-80(4,5)6)76(69-66-63-60-57-54-27-24-21-18-15-12-9-3)87-78(82)71-68-65-62-59-56-53-51-49-47-45-43-41-39-37-35-33-31-29-26-23-20-17-14-11-8-2/h10,13,19-20,22-23,28-31,34,36,40,42,46,48,66,69,75-76H,7-9,11-12,14-18,21,24-27,32-33,35,37-39,41,43-45,47,49-65,67-68,70-74H2,1-6H3,(H-,79,81,83,84)/p+1/b13-10-,22-19-,23-20-,30-28-,31-29-,36-34-,42-40-,48-46-,69-66+. The van der Waals surface area contributed by atoms with Gasteiger partial charge in [0.25, 0.3) is 0 Å². The van der Waals surface area contributed by atoms with E-state index in [1.807, 2.05) is 33.3 Å². The van der Waals surface area contributed by atoms with Crippen molar-refractivity contribution < 1.29 is 37.3 Å². The molecule has 3 unspecified atom stereocenters. The minimum Gasteiger partial charge on any atom is -0.456 e. The van der Waals surface area contributed by atoms with Crippen molar-refractivity contribution in [1.82, 2.24) is 5.32 Å². The van der Waals surface area contributed by atoms with Gasteiger partial charge in [0.2, 0.25) is 5.91 Å². The zero-order chi connectivity index (χ0) is 64.2. The number of nitrogens with one attached hydrogen (secondary N) is 1. The second-order valence-corrected chi connectivity index (χ2v) is 27.2. The van der Waals surface area contributed by atoms with Gasteiger partial charge in [-0.2, -0.15) is 0 Å². The maximum absolute atomic E-state index is 13.6. The molecule has 0 aliphatic heterocycles. The smallest absolute Gasteiger partial charge is 0.456 e. The van der Waals surface area contributed by atoms with Crippen LogP contribution in [0.4, 0.5) is 0 Å². The molecular weight excluding hydrogens is 1110 g/mol. The molecule has 0 saturated carbocycles. The number of hydrogen-bond donors (Lipinski definition) is 2. The third-order valence-electron chi connectivity index (χ3n) is 15.9. The van der Waals surface area contributed by atoms with E-state index in [1.165, 1.54) is 161 Å². The molecule has 0 aliphatic carbocycles. The molecule has 0 heterocycles. The van der Waals surface area contributed by atoms with E-state index in [4.69, 9.17) is 13.8 Å². The Morgan fingerprint density at radius 1 is 0.409 bits per heavy atom. The summed E-state index contributed by atoms with van der Waals surface area (Å²) in [6, 6.07) is -0.864. The van der Waals surface area contributed by atoms with Gasteiger partial charge in [0.05, 0.1) is 33.8 Å². The number of carbonyl (C=O) groups is 2. The van der Waals surface area contributed by atoms with Crippen molar-refractivity contribution in [3.8, 4) is 0 Å². The van der Waals surface area contributed by atoms with E-state index in [-0.39, 0.29) is 31.5 Å². The van der Waals surface area contributed by atoms with Gasteiger partial charge >= 0.3 is 13.8 Å². The number of esters is 1. The lowest BCUT2D eigenvalue weighted by Crippen LogP contribution is -2.47. The number of unbranched alkanes of at least 4 members (excludes halogenated alkanes) is 34. The van der Waals surface area contributed by atoms with Crippen molar-refractivity contribution in [3.05, 3.63) is 109 Å². The van der Waals surface area contributed by atoms with Crippen LogP contribution in [0.1, 0.15) is 323 Å². The molecule has 0 rings (SSSR count). The third kappa shape index (κ3) is 67.1. The van der Waals surface area contributed by atoms with E-state index >= 15 is 0 Å². The van der Waals surface area contributed by atoms with Gasteiger partial charge in [-0.05, 0) is 115 Å². The topological polar surface area (TPSA) is 111 Å². The molecule has 0 radical (unpaired) electrons. The monoisotopic (exact) mass is 1250 g/mol. The Morgan fingerprint density at radius 3 is 1.11 bits per heavy atom. The summed E-state index contributed by atoms with van der Waals surface area (Å²) in [5, 5.41) is 3.06. The minimum atomic E-state index is -4.47. The molecule has 508 valence electrons. The van der Waals surface area contributed by atoms with Crippen LogP contribution in [0, 0.1) is 0 Å². The zero-order valence-corrected chi connectivity index (χ0v) is 59.1. The van der Waals surface area contributed by atoms with E-state index in [0.717, 1.165) is 128 Å². The number of quaternary nitrogens is 1. The summed E-state index contributed by atoms with van der Waals surface area (Å²) in [6.07, 6.45) is 92.5. The van der Waals surface area contributed by atoms with Crippen LogP contribution in [-0.2, 0) is 27.9 Å². The van der Waals surface area contributed by atoms with E-state index in [9.17, 15) is 19.0 Å². The quantitative estimate of drug-likeness (QED) is 0.0205. The number of hydrogen-bond acceptors (Lipinski definition) is 6. The van der Waals surface area contributed by atoms with Gasteiger partial charge in [-0.15, -0.1) is 0 Å². The van der Waals surface area contributed by atoms with Crippen molar-refractivity contribution in [2.45, 2.75) is 335 Å². The highest BCUT2D eigenvalue weighted by Crippen LogP contribution is 2.43. The summed E-state index contributed by atoms with van der Waals surface area (Å²) < 4.78 is 30.9. The predicted molar refractivity (Wildman–Crippen MR) is 383 cm³/mol. The van der Waals surface area contributed by atoms with Crippen LogP contribution in [0.15, 0.2) is 109 Å². The van der Waals surface area contributed by atoms with E-state index in [0.29, 0.717) is 17.4 Å². The fraction of sp³-hybridized carbons (Fsp3) is 0.744. The highest BCUT2D eigenvalue weighted by atomic mass is 31.2. The summed E-state index contributed by atoms with van der Waals surface area (Å²) in [4.78, 5) is 38.0.